The Labute approximate surface area is 157 Å². The van der Waals surface area contributed by atoms with Crippen molar-refractivity contribution in [3.8, 4) is 11.5 Å². The first-order chi connectivity index (χ1) is 12.8. The van der Waals surface area contributed by atoms with E-state index in [0.29, 0.717) is 5.69 Å². The summed E-state index contributed by atoms with van der Waals surface area (Å²) in [5.74, 6) is -0.165. The molecule has 0 aliphatic carbocycles. The van der Waals surface area contributed by atoms with Gasteiger partial charge in [0.2, 0.25) is 0 Å². The van der Waals surface area contributed by atoms with Gasteiger partial charge >= 0.3 is 6.09 Å². The number of nitrogen functional groups attached to an aromatic ring is 1. The number of nitrogens with zero attached hydrogens (tertiary/aromatic N) is 6. The molecule has 3 rings (SSSR count). The van der Waals surface area contributed by atoms with Crippen molar-refractivity contribution in [3.63, 3.8) is 0 Å². The molecule has 12 heteroatoms. The fourth-order valence-corrected chi connectivity index (χ4v) is 2.44. The van der Waals surface area contributed by atoms with Crippen LogP contribution in [0.2, 0.25) is 5.15 Å². The van der Waals surface area contributed by atoms with Gasteiger partial charge < -0.3 is 10.5 Å². The van der Waals surface area contributed by atoms with Crippen molar-refractivity contribution in [2.75, 3.05) is 11.1 Å². The number of pyridine rings is 1. The number of amides is 1. The number of aryl methyl sites for hydroxylation is 1. The van der Waals surface area contributed by atoms with Gasteiger partial charge in [0.1, 0.15) is 17.1 Å². The summed E-state index contributed by atoms with van der Waals surface area (Å²) in [7, 11) is 1.57. The third-order valence-electron chi connectivity index (χ3n) is 3.49. The summed E-state index contributed by atoms with van der Waals surface area (Å²) in [4.78, 5) is 24.0. The van der Waals surface area contributed by atoms with Crippen molar-refractivity contribution < 1.29 is 13.9 Å². The Morgan fingerprint density at radius 2 is 2.04 bits per heavy atom. The number of carbonyl (C=O) groups excluding carboxylic acids is 1. The van der Waals surface area contributed by atoms with E-state index in [1.54, 1.807) is 7.05 Å². The molecule has 3 aromatic heterocycles. The Morgan fingerprint density at radius 3 is 2.74 bits per heavy atom. The molecule has 0 aromatic carbocycles. The van der Waals surface area contributed by atoms with Crippen molar-refractivity contribution >= 4 is 29.2 Å². The number of anilines is 2. The third kappa shape index (κ3) is 4.08. The van der Waals surface area contributed by atoms with Gasteiger partial charge in [-0.15, -0.1) is 5.10 Å². The topological polar surface area (TPSA) is 134 Å². The van der Waals surface area contributed by atoms with Crippen LogP contribution >= 0.6 is 11.6 Å². The lowest BCUT2D eigenvalue weighted by Gasteiger charge is -2.15. The van der Waals surface area contributed by atoms with Crippen molar-refractivity contribution in [1.29, 1.82) is 0 Å². The molecule has 0 spiro atoms. The quantitative estimate of drug-likeness (QED) is 0.646. The Balaban J connectivity index is 1.77. The van der Waals surface area contributed by atoms with Gasteiger partial charge in [0.05, 0.1) is 24.3 Å². The Kier molecular flexibility index (Phi) is 5.12. The number of nitrogens with two attached hydrogens (primary N) is 1. The molecule has 0 aliphatic heterocycles. The van der Waals surface area contributed by atoms with E-state index in [2.05, 4.69) is 30.6 Å². The lowest BCUT2D eigenvalue weighted by molar-refractivity contribution is 0.120. The number of hydrogen-bond donors (Lipinski definition) is 2. The minimum atomic E-state index is -0.849. The SMILES string of the molecule is C[C@@H](OC(=O)Nc1c(-c2ncc(N)cn2)nnn1C)c1cc(F)cnc1Cl. The Morgan fingerprint density at radius 1 is 1.33 bits per heavy atom. The van der Waals surface area contributed by atoms with E-state index in [4.69, 9.17) is 22.1 Å². The van der Waals surface area contributed by atoms with Crippen LogP contribution in [0, 0.1) is 5.82 Å². The molecule has 3 aromatic rings. The second-order valence-corrected chi connectivity index (χ2v) is 5.81. The molecule has 0 radical (unpaired) electrons. The standard InChI is InChI=1S/C15H14ClFN8O2/c1-7(10-3-8(17)4-19-12(10)16)27-15(26)22-14-11(23-24-25(14)2)13-20-5-9(18)6-21-13/h3-7H,18H2,1-2H3,(H,22,26)/t7-/m1/s1. The van der Waals surface area contributed by atoms with Gasteiger partial charge in [-0.05, 0) is 13.0 Å². The van der Waals surface area contributed by atoms with Crippen LogP contribution in [0.3, 0.4) is 0 Å². The van der Waals surface area contributed by atoms with Crippen LogP contribution in [-0.4, -0.2) is 36.0 Å². The number of aromatic nitrogens is 6. The van der Waals surface area contributed by atoms with E-state index in [9.17, 15) is 9.18 Å². The lowest BCUT2D eigenvalue weighted by atomic mass is 10.2. The molecule has 27 heavy (non-hydrogen) atoms. The molecule has 0 bridgehead atoms. The molecule has 3 heterocycles. The number of ether oxygens (including phenoxy) is 1. The monoisotopic (exact) mass is 392 g/mol. The zero-order valence-electron chi connectivity index (χ0n) is 14.2. The molecular weight excluding hydrogens is 379 g/mol. The zero-order chi connectivity index (χ0) is 19.6. The number of hydrogen-bond acceptors (Lipinski definition) is 8. The first-order valence-electron chi connectivity index (χ1n) is 7.61. The van der Waals surface area contributed by atoms with Gasteiger partial charge in [0.15, 0.2) is 17.3 Å². The van der Waals surface area contributed by atoms with E-state index in [0.717, 1.165) is 12.3 Å². The summed E-state index contributed by atoms with van der Waals surface area (Å²) >= 11 is 5.92. The molecule has 3 N–H and O–H groups in total. The highest BCUT2D eigenvalue weighted by atomic mass is 35.5. The number of nitrogens with one attached hydrogen (secondary N) is 1. The number of carbonyl (C=O) groups is 1. The first-order valence-corrected chi connectivity index (χ1v) is 7.99. The Hall–Kier alpha value is -3.34. The summed E-state index contributed by atoms with van der Waals surface area (Å²) < 4.78 is 19.9. The first kappa shape index (κ1) is 18.5. The zero-order valence-corrected chi connectivity index (χ0v) is 15.0. The molecule has 0 aliphatic rings. The van der Waals surface area contributed by atoms with Crippen molar-refractivity contribution in [1.82, 2.24) is 29.9 Å². The minimum absolute atomic E-state index is 0.0369. The minimum Gasteiger partial charge on any atom is -0.441 e. The number of rotatable bonds is 4. The predicted octanol–water partition coefficient (Wildman–Crippen LogP) is 2.35. The van der Waals surface area contributed by atoms with Crippen LogP contribution in [0.15, 0.2) is 24.7 Å². The van der Waals surface area contributed by atoms with E-state index in [-0.39, 0.29) is 28.1 Å². The summed E-state index contributed by atoms with van der Waals surface area (Å²) in [6.07, 6.45) is 2.10. The second-order valence-electron chi connectivity index (χ2n) is 5.46. The molecule has 0 saturated heterocycles. The van der Waals surface area contributed by atoms with Crippen molar-refractivity contribution in [3.05, 3.63) is 41.2 Å². The third-order valence-corrected chi connectivity index (χ3v) is 3.80. The molecule has 0 fully saturated rings. The number of halogens is 2. The van der Waals surface area contributed by atoms with E-state index in [1.807, 2.05) is 0 Å². The van der Waals surface area contributed by atoms with Gasteiger partial charge in [-0.25, -0.2) is 28.8 Å². The van der Waals surface area contributed by atoms with Crippen LogP contribution in [0.4, 0.5) is 20.7 Å². The van der Waals surface area contributed by atoms with E-state index >= 15 is 0 Å². The van der Waals surface area contributed by atoms with Gasteiger partial charge in [-0.2, -0.15) is 0 Å². The molecule has 1 amide bonds. The predicted molar refractivity (Wildman–Crippen MR) is 94.2 cm³/mol. The summed E-state index contributed by atoms with van der Waals surface area (Å²) in [5, 5.41) is 10.3. The Bertz CT molecular complexity index is 978. The smallest absolute Gasteiger partial charge is 0.413 e. The highest BCUT2D eigenvalue weighted by Gasteiger charge is 2.21. The fraction of sp³-hybridized carbons (Fsp3) is 0.200. The van der Waals surface area contributed by atoms with E-state index < -0.39 is 18.0 Å². The molecular formula is C15H14ClFN8O2. The second kappa shape index (κ2) is 7.50. The maximum atomic E-state index is 13.4. The van der Waals surface area contributed by atoms with Crippen molar-refractivity contribution in [2.45, 2.75) is 13.0 Å². The van der Waals surface area contributed by atoms with Gasteiger partial charge in [-0.1, -0.05) is 16.8 Å². The van der Waals surface area contributed by atoms with Gasteiger partial charge in [-0.3, -0.25) is 5.32 Å². The van der Waals surface area contributed by atoms with Gasteiger partial charge in [0.25, 0.3) is 0 Å². The highest BCUT2D eigenvalue weighted by molar-refractivity contribution is 6.30. The van der Waals surface area contributed by atoms with Crippen LogP contribution in [-0.2, 0) is 11.8 Å². The molecule has 1 atom stereocenters. The van der Waals surface area contributed by atoms with E-state index in [1.165, 1.54) is 24.0 Å². The highest BCUT2D eigenvalue weighted by Crippen LogP contribution is 2.26. The lowest BCUT2D eigenvalue weighted by Crippen LogP contribution is -2.19. The summed E-state index contributed by atoms with van der Waals surface area (Å²) in [5.41, 5.74) is 6.41. The molecule has 10 nitrogen and oxygen atoms in total. The summed E-state index contributed by atoms with van der Waals surface area (Å²) in [6, 6.07) is 1.15. The van der Waals surface area contributed by atoms with Crippen LogP contribution in [0.5, 0.6) is 0 Å². The van der Waals surface area contributed by atoms with Crippen LogP contribution < -0.4 is 11.1 Å². The summed E-state index contributed by atoms with van der Waals surface area (Å²) in [6.45, 7) is 1.54. The molecule has 0 saturated carbocycles. The van der Waals surface area contributed by atoms with Crippen molar-refractivity contribution in [2.24, 2.45) is 7.05 Å². The molecule has 140 valence electrons. The average molecular weight is 393 g/mol. The normalized spacial score (nSPS) is 11.9. The fourth-order valence-electron chi connectivity index (χ4n) is 2.18. The van der Waals surface area contributed by atoms with Gasteiger partial charge in [0, 0.05) is 12.6 Å². The van der Waals surface area contributed by atoms with Crippen LogP contribution in [0.25, 0.3) is 11.5 Å². The maximum Gasteiger partial charge on any atom is 0.413 e. The largest absolute Gasteiger partial charge is 0.441 e. The molecule has 0 unspecified atom stereocenters. The average Bonchev–Trinajstić information content (AvgIpc) is 2.98. The van der Waals surface area contributed by atoms with Crippen LogP contribution in [0.1, 0.15) is 18.6 Å². The maximum absolute atomic E-state index is 13.4.